The minimum Gasteiger partial charge on any atom is -0.354 e. The molecule has 1 atom stereocenters. The van der Waals surface area contributed by atoms with E-state index in [9.17, 15) is 9.59 Å². The van der Waals surface area contributed by atoms with E-state index >= 15 is 0 Å². The second-order valence-corrected chi connectivity index (χ2v) is 8.43. The molecule has 1 aliphatic rings. The van der Waals surface area contributed by atoms with Gasteiger partial charge in [-0.2, -0.15) is 5.10 Å². The van der Waals surface area contributed by atoms with Crippen molar-refractivity contribution in [3.05, 3.63) is 34.0 Å². The average molecular weight is 390 g/mol. The number of nitrogens with one attached hydrogen (secondary N) is 1. The fourth-order valence-electron chi connectivity index (χ4n) is 3.46. The zero-order valence-electron chi connectivity index (χ0n) is 16.2. The average Bonchev–Trinajstić information content (AvgIpc) is 3.30. The van der Waals surface area contributed by atoms with Gasteiger partial charge in [0.15, 0.2) is 0 Å². The van der Waals surface area contributed by atoms with E-state index in [0.29, 0.717) is 38.2 Å². The summed E-state index contributed by atoms with van der Waals surface area (Å²) < 4.78 is 1.73. The number of thiazole rings is 1. The third kappa shape index (κ3) is 4.21. The van der Waals surface area contributed by atoms with Crippen LogP contribution in [0.2, 0.25) is 0 Å². The van der Waals surface area contributed by atoms with Gasteiger partial charge in [0.05, 0.1) is 5.01 Å². The molecule has 2 aromatic heterocycles. The first-order valence-corrected chi connectivity index (χ1v) is 10.3. The summed E-state index contributed by atoms with van der Waals surface area (Å²) in [6.07, 6.45) is 6.85. The summed E-state index contributed by atoms with van der Waals surface area (Å²) in [6, 6.07) is 1.73. The van der Waals surface area contributed by atoms with Gasteiger partial charge in [-0.25, -0.2) is 4.98 Å². The minimum absolute atomic E-state index is 0.0984. The Morgan fingerprint density at radius 2 is 2.19 bits per heavy atom. The quantitative estimate of drug-likeness (QED) is 0.823. The fourth-order valence-corrected chi connectivity index (χ4v) is 4.25. The molecule has 7 nitrogen and oxygen atoms in total. The highest BCUT2D eigenvalue weighted by Crippen LogP contribution is 2.29. The second-order valence-electron chi connectivity index (χ2n) is 7.11. The van der Waals surface area contributed by atoms with Crippen LogP contribution in [0.5, 0.6) is 0 Å². The van der Waals surface area contributed by atoms with Gasteiger partial charge in [-0.05, 0) is 46.1 Å². The molecule has 0 aromatic carbocycles. The van der Waals surface area contributed by atoms with Crippen molar-refractivity contribution >= 4 is 23.2 Å². The van der Waals surface area contributed by atoms with Gasteiger partial charge in [0.1, 0.15) is 11.2 Å². The van der Waals surface area contributed by atoms with Crippen LogP contribution >= 0.6 is 11.3 Å². The second kappa shape index (κ2) is 8.21. The summed E-state index contributed by atoms with van der Waals surface area (Å²) >= 11 is 1.64. The van der Waals surface area contributed by atoms with Crippen molar-refractivity contribution in [1.82, 2.24) is 25.0 Å². The number of rotatable bonds is 6. The molecule has 2 aromatic rings. The number of hydrogen-bond donors (Lipinski definition) is 1. The molecule has 0 bridgehead atoms. The lowest BCUT2D eigenvalue weighted by atomic mass is 9.87. The zero-order chi connectivity index (χ0) is 19.4. The van der Waals surface area contributed by atoms with E-state index in [4.69, 9.17) is 0 Å². The number of aromatic nitrogens is 3. The summed E-state index contributed by atoms with van der Waals surface area (Å²) in [5, 5.41) is 8.34. The van der Waals surface area contributed by atoms with Crippen LogP contribution in [0.3, 0.4) is 0 Å². The largest absolute Gasteiger partial charge is 0.354 e. The number of carbonyl (C=O) groups excluding carboxylic acids is 2. The summed E-state index contributed by atoms with van der Waals surface area (Å²) in [5.74, 6) is -0.270. The first kappa shape index (κ1) is 19.5. The van der Waals surface area contributed by atoms with E-state index in [1.165, 1.54) is 4.88 Å². The number of hydrogen-bond acceptors (Lipinski definition) is 5. The van der Waals surface area contributed by atoms with E-state index in [1.807, 2.05) is 27.0 Å². The lowest BCUT2D eigenvalue weighted by Gasteiger charge is -2.43. The Labute approximate surface area is 163 Å². The van der Waals surface area contributed by atoms with Gasteiger partial charge in [0, 0.05) is 43.3 Å². The zero-order valence-corrected chi connectivity index (χ0v) is 17.0. The minimum atomic E-state index is -0.843. The lowest BCUT2D eigenvalue weighted by molar-refractivity contribution is -0.133. The molecule has 0 aliphatic carbocycles. The van der Waals surface area contributed by atoms with Gasteiger partial charge in [-0.15, -0.1) is 11.3 Å². The first-order valence-electron chi connectivity index (χ1n) is 9.49. The Kier molecular flexibility index (Phi) is 5.94. The first-order chi connectivity index (χ1) is 12.9. The van der Waals surface area contributed by atoms with E-state index in [-0.39, 0.29) is 11.8 Å². The number of likely N-dealkylation sites (tertiary alicyclic amines) is 1. The number of piperidine rings is 1. The highest BCUT2D eigenvalue weighted by molar-refractivity contribution is 7.11. The molecule has 1 N–H and O–H groups in total. The van der Waals surface area contributed by atoms with Crippen LogP contribution in [0.4, 0.5) is 0 Å². The maximum Gasteiger partial charge on any atom is 0.275 e. The normalized spacial score (nSPS) is 19.9. The van der Waals surface area contributed by atoms with E-state index < -0.39 is 5.54 Å². The molecular formula is C19H27N5O2S. The Morgan fingerprint density at radius 3 is 2.85 bits per heavy atom. The van der Waals surface area contributed by atoms with Crippen molar-refractivity contribution in [3.63, 3.8) is 0 Å². The third-order valence-electron chi connectivity index (χ3n) is 5.10. The molecule has 2 amide bonds. The molecule has 8 heteroatoms. The van der Waals surface area contributed by atoms with Crippen LogP contribution in [0.1, 0.15) is 53.5 Å². The van der Waals surface area contributed by atoms with Crippen LogP contribution < -0.4 is 5.32 Å². The Balaban J connectivity index is 1.67. The molecule has 146 valence electrons. The van der Waals surface area contributed by atoms with Crippen LogP contribution in [-0.2, 0) is 17.8 Å². The van der Waals surface area contributed by atoms with Gasteiger partial charge in [-0.3, -0.25) is 14.3 Å². The smallest absolute Gasteiger partial charge is 0.275 e. The Bertz CT molecular complexity index is 815. The maximum absolute atomic E-state index is 13.0. The van der Waals surface area contributed by atoms with E-state index in [2.05, 4.69) is 15.4 Å². The summed E-state index contributed by atoms with van der Waals surface area (Å²) in [6.45, 7) is 7.67. The summed E-state index contributed by atoms with van der Waals surface area (Å²) in [5.41, 5.74) is -0.444. The summed E-state index contributed by atoms with van der Waals surface area (Å²) in [4.78, 5) is 33.2. The van der Waals surface area contributed by atoms with Crippen molar-refractivity contribution in [1.29, 1.82) is 0 Å². The standard InChI is InChI=1S/C19H27N5O2S/c1-4-23-12-8-15(22-23)17(25)24-11-6-5-9-19(24,3)18(26)20-10-7-16-21-13-14(2)27-16/h8,12-13H,4-7,9-11H2,1-3H3,(H,20,26)/t19-/m1/s1. The van der Waals surface area contributed by atoms with Gasteiger partial charge in [-0.1, -0.05) is 0 Å². The number of nitrogens with zero attached hydrogens (tertiary/aromatic N) is 4. The van der Waals surface area contributed by atoms with Crippen molar-refractivity contribution in [2.45, 2.75) is 58.5 Å². The van der Waals surface area contributed by atoms with E-state index in [1.54, 1.807) is 33.2 Å². The monoisotopic (exact) mass is 389 g/mol. The number of aryl methyl sites for hydroxylation is 2. The van der Waals surface area contributed by atoms with Crippen molar-refractivity contribution in [2.24, 2.45) is 0 Å². The van der Waals surface area contributed by atoms with Crippen molar-refractivity contribution < 1.29 is 9.59 Å². The van der Waals surface area contributed by atoms with Gasteiger partial charge in [0.25, 0.3) is 5.91 Å². The molecule has 1 aliphatic heterocycles. The predicted octanol–water partition coefficient (Wildman–Crippen LogP) is 2.41. The van der Waals surface area contributed by atoms with Gasteiger partial charge >= 0.3 is 0 Å². The fraction of sp³-hybridized carbons (Fsp3) is 0.579. The van der Waals surface area contributed by atoms with Crippen LogP contribution in [0.15, 0.2) is 18.5 Å². The SMILES string of the molecule is CCn1ccc(C(=O)N2CCCC[C@]2(C)C(=O)NCCc2ncc(C)s2)n1. The molecule has 27 heavy (non-hydrogen) atoms. The predicted molar refractivity (Wildman–Crippen MR) is 105 cm³/mol. The lowest BCUT2D eigenvalue weighted by Crippen LogP contribution is -2.61. The van der Waals surface area contributed by atoms with Crippen molar-refractivity contribution in [3.8, 4) is 0 Å². The maximum atomic E-state index is 13.0. The molecule has 0 radical (unpaired) electrons. The van der Waals surface area contributed by atoms with E-state index in [0.717, 1.165) is 17.8 Å². The molecule has 0 unspecified atom stereocenters. The van der Waals surface area contributed by atoms with Gasteiger partial charge < -0.3 is 10.2 Å². The molecule has 1 saturated heterocycles. The van der Waals surface area contributed by atoms with Crippen LogP contribution in [-0.4, -0.2) is 50.1 Å². The van der Waals surface area contributed by atoms with Gasteiger partial charge in [0.2, 0.25) is 5.91 Å². The highest BCUT2D eigenvalue weighted by atomic mass is 32.1. The summed E-state index contributed by atoms with van der Waals surface area (Å²) in [7, 11) is 0. The van der Waals surface area contributed by atoms with Crippen LogP contribution in [0.25, 0.3) is 0 Å². The third-order valence-corrected chi connectivity index (χ3v) is 6.08. The van der Waals surface area contributed by atoms with Crippen molar-refractivity contribution in [2.75, 3.05) is 13.1 Å². The molecule has 3 heterocycles. The number of carbonyl (C=O) groups is 2. The molecular weight excluding hydrogens is 362 g/mol. The molecule has 1 fully saturated rings. The molecule has 3 rings (SSSR count). The Morgan fingerprint density at radius 1 is 1.37 bits per heavy atom. The Hall–Kier alpha value is -2.22. The van der Waals surface area contributed by atoms with Crippen LogP contribution in [0, 0.1) is 6.92 Å². The molecule has 0 saturated carbocycles. The topological polar surface area (TPSA) is 80.1 Å². The molecule has 0 spiro atoms. The highest BCUT2D eigenvalue weighted by Gasteiger charge is 2.44. The number of amides is 2.